The first-order valence-electron chi connectivity index (χ1n) is 9.58. The van der Waals surface area contributed by atoms with Gasteiger partial charge in [-0.3, -0.25) is 4.72 Å². The SMILES string of the molecule is CCOC(=O)C1=CC2(CCC1S(=O)(=O)Nc1ccc(F)cc1Br)O[C@@H](CO)[C@H](CO)O2. The molecule has 3 rings (SSSR count). The zero-order valence-corrected chi connectivity index (χ0v) is 19.0. The standard InChI is InChI=1S/C19H23BrFNO8S/c1-2-28-18(25)12-8-19(29-15(9-23)16(10-24)30-19)6-5-17(12)31(26,27)22-14-4-3-11(21)7-13(14)20/h3-4,7-8,15-17,22-24H,2,5-6,9-10H2,1H3/t15-,16-,17?/m0/s1. The summed E-state index contributed by atoms with van der Waals surface area (Å²) in [4.78, 5) is 12.6. The topological polar surface area (TPSA) is 131 Å². The lowest BCUT2D eigenvalue weighted by molar-refractivity contribution is -0.154. The van der Waals surface area contributed by atoms with Crippen molar-refractivity contribution >= 4 is 37.6 Å². The molecule has 3 N–H and O–H groups in total. The predicted octanol–water partition coefficient (Wildman–Crippen LogP) is 1.45. The zero-order chi connectivity index (χ0) is 22.8. The molecule has 0 radical (unpaired) electrons. The molecule has 2 aliphatic rings. The molecule has 172 valence electrons. The van der Waals surface area contributed by atoms with Crippen LogP contribution in [0.25, 0.3) is 0 Å². The molecule has 1 heterocycles. The second-order valence-corrected chi connectivity index (χ2v) is 9.83. The minimum Gasteiger partial charge on any atom is -0.463 e. The van der Waals surface area contributed by atoms with Crippen molar-refractivity contribution in [3.63, 3.8) is 0 Å². The lowest BCUT2D eigenvalue weighted by atomic mass is 9.94. The van der Waals surface area contributed by atoms with Gasteiger partial charge in [0.1, 0.15) is 23.3 Å². The average Bonchev–Trinajstić information content (AvgIpc) is 3.07. The van der Waals surface area contributed by atoms with Crippen LogP contribution in [0.15, 0.2) is 34.3 Å². The Bertz CT molecular complexity index is 958. The quantitative estimate of drug-likeness (QED) is 0.457. The molecule has 1 unspecified atom stereocenters. The third-order valence-electron chi connectivity index (χ3n) is 5.02. The van der Waals surface area contributed by atoms with Crippen molar-refractivity contribution in [3.8, 4) is 0 Å². The monoisotopic (exact) mass is 523 g/mol. The van der Waals surface area contributed by atoms with Gasteiger partial charge in [0.2, 0.25) is 10.0 Å². The van der Waals surface area contributed by atoms with E-state index in [4.69, 9.17) is 14.2 Å². The van der Waals surface area contributed by atoms with E-state index in [0.29, 0.717) is 0 Å². The number of benzene rings is 1. The van der Waals surface area contributed by atoms with Crippen molar-refractivity contribution in [1.29, 1.82) is 0 Å². The van der Waals surface area contributed by atoms with Crippen LogP contribution in [0.3, 0.4) is 0 Å². The van der Waals surface area contributed by atoms with E-state index in [2.05, 4.69) is 20.7 Å². The summed E-state index contributed by atoms with van der Waals surface area (Å²) in [6.07, 6.45) is -0.415. The molecular formula is C19H23BrFNO8S. The first-order valence-corrected chi connectivity index (χ1v) is 11.9. The number of carbonyl (C=O) groups excluding carboxylic acids is 1. The molecule has 1 saturated heterocycles. The molecule has 1 fully saturated rings. The van der Waals surface area contributed by atoms with Gasteiger partial charge in [0.05, 0.1) is 31.1 Å². The molecule has 0 bridgehead atoms. The van der Waals surface area contributed by atoms with Gasteiger partial charge in [-0.15, -0.1) is 0 Å². The van der Waals surface area contributed by atoms with Crippen LogP contribution in [-0.4, -0.2) is 67.7 Å². The number of halogens is 2. The molecule has 9 nitrogen and oxygen atoms in total. The van der Waals surface area contributed by atoms with Gasteiger partial charge in [0.15, 0.2) is 5.79 Å². The number of anilines is 1. The highest BCUT2D eigenvalue weighted by Gasteiger charge is 2.51. The number of nitrogens with one attached hydrogen (secondary N) is 1. The number of aliphatic hydroxyl groups excluding tert-OH is 2. The summed E-state index contributed by atoms with van der Waals surface area (Å²) in [6.45, 7) is 0.766. The molecule has 1 aliphatic heterocycles. The molecule has 1 aliphatic carbocycles. The van der Waals surface area contributed by atoms with Crippen LogP contribution in [0, 0.1) is 5.82 Å². The maximum atomic E-state index is 13.3. The molecule has 12 heteroatoms. The Morgan fingerprint density at radius 2 is 1.97 bits per heavy atom. The second-order valence-electron chi connectivity index (χ2n) is 7.11. The summed E-state index contributed by atoms with van der Waals surface area (Å²) in [6, 6.07) is 3.47. The van der Waals surface area contributed by atoms with E-state index in [1.165, 1.54) is 12.1 Å². The van der Waals surface area contributed by atoms with E-state index >= 15 is 0 Å². The van der Waals surface area contributed by atoms with Crippen molar-refractivity contribution in [2.45, 2.75) is 43.0 Å². The third kappa shape index (κ3) is 5.10. The maximum Gasteiger partial charge on any atom is 0.335 e. The van der Waals surface area contributed by atoms with E-state index in [1.54, 1.807) is 6.92 Å². The number of sulfonamides is 1. The number of hydrogen-bond donors (Lipinski definition) is 3. The Balaban J connectivity index is 1.95. The van der Waals surface area contributed by atoms with Gasteiger partial charge in [-0.25, -0.2) is 17.6 Å². The van der Waals surface area contributed by atoms with E-state index in [9.17, 15) is 27.8 Å². The highest BCUT2D eigenvalue weighted by atomic mass is 79.9. The normalized spacial score (nSPS) is 25.3. The van der Waals surface area contributed by atoms with Crippen molar-refractivity contribution in [3.05, 3.63) is 40.1 Å². The third-order valence-corrected chi connectivity index (χ3v) is 7.42. The van der Waals surface area contributed by atoms with Gasteiger partial charge in [-0.2, -0.15) is 0 Å². The summed E-state index contributed by atoms with van der Waals surface area (Å²) in [5.41, 5.74) is -0.0759. The van der Waals surface area contributed by atoms with Gasteiger partial charge in [-0.1, -0.05) is 0 Å². The minimum absolute atomic E-state index is 0.0210. The number of aliphatic hydroxyl groups is 2. The molecule has 0 saturated carbocycles. The van der Waals surface area contributed by atoms with Crippen molar-refractivity contribution in [2.24, 2.45) is 0 Å². The van der Waals surface area contributed by atoms with Gasteiger partial charge in [-0.05, 0) is 53.5 Å². The van der Waals surface area contributed by atoms with Crippen molar-refractivity contribution in [2.75, 3.05) is 24.5 Å². The zero-order valence-electron chi connectivity index (χ0n) is 16.6. The minimum atomic E-state index is -4.15. The second kappa shape index (κ2) is 9.51. The number of rotatable bonds is 7. The van der Waals surface area contributed by atoms with Crippen LogP contribution in [-0.2, 0) is 29.0 Å². The van der Waals surface area contributed by atoms with Gasteiger partial charge in [0, 0.05) is 10.9 Å². The maximum absolute atomic E-state index is 13.3. The van der Waals surface area contributed by atoms with E-state index in [0.717, 1.165) is 12.1 Å². The molecular weight excluding hydrogens is 501 g/mol. The molecule has 0 amide bonds. The summed E-state index contributed by atoms with van der Waals surface area (Å²) in [5, 5.41) is 17.6. The van der Waals surface area contributed by atoms with Gasteiger partial charge in [0.25, 0.3) is 0 Å². The number of esters is 1. The Morgan fingerprint density at radius 3 is 2.52 bits per heavy atom. The molecule has 1 spiro atoms. The summed E-state index contributed by atoms with van der Waals surface area (Å²) < 4.78 is 58.7. The van der Waals surface area contributed by atoms with Crippen molar-refractivity contribution < 1.29 is 42.0 Å². The fourth-order valence-electron chi connectivity index (χ4n) is 3.60. The van der Waals surface area contributed by atoms with Crippen molar-refractivity contribution in [1.82, 2.24) is 0 Å². The Kier molecular flexibility index (Phi) is 7.39. The summed E-state index contributed by atoms with van der Waals surface area (Å²) >= 11 is 3.11. The van der Waals surface area contributed by atoms with Crippen LogP contribution in [0.5, 0.6) is 0 Å². The summed E-state index contributed by atoms with van der Waals surface area (Å²) in [7, 11) is -4.15. The van der Waals surface area contributed by atoms with Gasteiger partial charge >= 0.3 is 5.97 Å². The number of carbonyl (C=O) groups is 1. The highest BCUT2D eigenvalue weighted by Crippen LogP contribution is 2.41. The van der Waals surface area contributed by atoms with Gasteiger partial charge < -0.3 is 24.4 Å². The first-order chi connectivity index (χ1) is 14.6. The average molecular weight is 524 g/mol. The molecule has 1 aromatic carbocycles. The van der Waals surface area contributed by atoms with Crippen LogP contribution in [0.2, 0.25) is 0 Å². The Morgan fingerprint density at radius 1 is 1.32 bits per heavy atom. The van der Waals surface area contributed by atoms with Crippen LogP contribution >= 0.6 is 15.9 Å². The Hall–Kier alpha value is -1.57. The van der Waals surface area contributed by atoms with Crippen LogP contribution < -0.4 is 4.72 Å². The summed E-state index contributed by atoms with van der Waals surface area (Å²) in [5.74, 6) is -2.87. The number of ether oxygens (including phenoxy) is 3. The molecule has 31 heavy (non-hydrogen) atoms. The Labute approximate surface area is 187 Å². The fraction of sp³-hybridized carbons (Fsp3) is 0.526. The highest BCUT2D eigenvalue weighted by molar-refractivity contribution is 9.10. The number of hydrogen-bond acceptors (Lipinski definition) is 8. The smallest absolute Gasteiger partial charge is 0.335 e. The lowest BCUT2D eigenvalue weighted by Crippen LogP contribution is -2.42. The van der Waals surface area contributed by atoms with Crippen LogP contribution in [0.1, 0.15) is 19.8 Å². The first kappa shape index (κ1) is 24.1. The lowest BCUT2D eigenvalue weighted by Gasteiger charge is -2.33. The predicted molar refractivity (Wildman–Crippen MR) is 111 cm³/mol. The van der Waals surface area contributed by atoms with E-state index in [1.807, 2.05) is 0 Å². The van der Waals surface area contributed by atoms with Crippen LogP contribution in [0.4, 0.5) is 10.1 Å². The largest absolute Gasteiger partial charge is 0.463 e. The van der Waals surface area contributed by atoms with E-state index < -0.39 is 58.3 Å². The fourth-order valence-corrected chi connectivity index (χ4v) is 5.74. The molecule has 1 aromatic rings. The molecule has 0 aromatic heterocycles. The van der Waals surface area contributed by atoms with E-state index in [-0.39, 0.29) is 35.2 Å². The molecule has 3 atom stereocenters.